The number of hydrogen-bond acceptors (Lipinski definition) is 2. The number of hydrogen-bond donors (Lipinski definition) is 0. The van der Waals surface area contributed by atoms with Crippen molar-refractivity contribution in [3.05, 3.63) is 0 Å². The van der Waals surface area contributed by atoms with Crippen LogP contribution in [0, 0.1) is 11.3 Å². The van der Waals surface area contributed by atoms with E-state index in [1.807, 2.05) is 0 Å². The number of rotatable bonds is 4. The van der Waals surface area contributed by atoms with E-state index in [9.17, 15) is 4.79 Å². The first kappa shape index (κ1) is 12.5. The zero-order valence-corrected chi connectivity index (χ0v) is 10.7. The molecule has 2 nitrogen and oxygen atoms in total. The van der Waals surface area contributed by atoms with Crippen molar-refractivity contribution in [2.75, 3.05) is 0 Å². The third kappa shape index (κ3) is 2.04. The summed E-state index contributed by atoms with van der Waals surface area (Å²) in [7, 11) is 0. The van der Waals surface area contributed by atoms with Crippen molar-refractivity contribution >= 4 is 5.97 Å². The number of esters is 1. The Labute approximate surface area is 93.4 Å². The summed E-state index contributed by atoms with van der Waals surface area (Å²) in [6.45, 7) is 10.8. The summed E-state index contributed by atoms with van der Waals surface area (Å²) < 4.78 is 5.69. The van der Waals surface area contributed by atoms with E-state index >= 15 is 0 Å². The predicted molar refractivity (Wildman–Crippen MR) is 61.6 cm³/mol. The predicted octanol–water partition coefficient (Wildman–Crippen LogP) is 3.54. The van der Waals surface area contributed by atoms with Gasteiger partial charge in [-0.1, -0.05) is 41.0 Å². The molecule has 0 spiro atoms. The maximum atomic E-state index is 11.5. The minimum absolute atomic E-state index is 0.0204. The van der Waals surface area contributed by atoms with Gasteiger partial charge in [-0.3, -0.25) is 4.79 Å². The van der Waals surface area contributed by atoms with Crippen LogP contribution in [0.15, 0.2) is 0 Å². The molecule has 2 heteroatoms. The average Bonchev–Trinajstić information content (AvgIpc) is 2.33. The van der Waals surface area contributed by atoms with Crippen molar-refractivity contribution < 1.29 is 9.53 Å². The van der Waals surface area contributed by atoms with Crippen molar-refractivity contribution in [1.82, 2.24) is 0 Å². The number of carbonyl (C=O) groups excluding carboxylic acids is 1. The van der Waals surface area contributed by atoms with Gasteiger partial charge in [0.25, 0.3) is 0 Å². The number of cyclic esters (lactones) is 1. The van der Waals surface area contributed by atoms with Gasteiger partial charge in [0.15, 0.2) is 0 Å². The van der Waals surface area contributed by atoms with Crippen LogP contribution in [0.25, 0.3) is 0 Å². The van der Waals surface area contributed by atoms with Crippen molar-refractivity contribution in [3.63, 3.8) is 0 Å². The molecule has 1 fully saturated rings. The molecule has 1 aliphatic heterocycles. The number of unbranched alkanes of at least 4 members (excludes halogenated alkanes) is 1. The minimum atomic E-state index is -0.236. The van der Waals surface area contributed by atoms with E-state index in [-0.39, 0.29) is 17.0 Å². The molecule has 0 aromatic heterocycles. The van der Waals surface area contributed by atoms with Gasteiger partial charge in [0, 0.05) is 5.41 Å². The molecule has 15 heavy (non-hydrogen) atoms. The van der Waals surface area contributed by atoms with Gasteiger partial charge in [-0.15, -0.1) is 0 Å². The van der Waals surface area contributed by atoms with Crippen LogP contribution in [0.3, 0.4) is 0 Å². The van der Waals surface area contributed by atoms with Gasteiger partial charge in [-0.25, -0.2) is 0 Å². The average molecular weight is 212 g/mol. The molecule has 0 bridgehead atoms. The quantitative estimate of drug-likeness (QED) is 0.666. The molecule has 0 amide bonds. The first-order chi connectivity index (χ1) is 6.85. The van der Waals surface area contributed by atoms with Gasteiger partial charge in [-0.2, -0.15) is 0 Å². The Kier molecular flexibility index (Phi) is 3.47. The second kappa shape index (κ2) is 4.15. The Morgan fingerprint density at radius 1 is 1.40 bits per heavy atom. The fourth-order valence-corrected chi connectivity index (χ4v) is 2.90. The second-order valence-corrected chi connectivity index (χ2v) is 5.68. The van der Waals surface area contributed by atoms with E-state index in [1.165, 1.54) is 0 Å². The van der Waals surface area contributed by atoms with E-state index in [0.29, 0.717) is 12.3 Å². The topological polar surface area (TPSA) is 26.3 Å². The Bertz CT molecular complexity index is 243. The molecule has 1 rings (SSSR count). The molecular weight excluding hydrogens is 188 g/mol. The highest BCUT2D eigenvalue weighted by atomic mass is 16.6. The first-order valence-corrected chi connectivity index (χ1v) is 6.07. The first-order valence-electron chi connectivity index (χ1n) is 6.07. The van der Waals surface area contributed by atoms with Crippen LogP contribution in [0.5, 0.6) is 0 Å². The van der Waals surface area contributed by atoms with Crippen molar-refractivity contribution in [3.8, 4) is 0 Å². The Morgan fingerprint density at radius 3 is 2.33 bits per heavy atom. The molecular formula is C13H24O2. The van der Waals surface area contributed by atoms with Crippen molar-refractivity contribution in [2.45, 2.75) is 65.9 Å². The largest absolute Gasteiger partial charge is 0.458 e. The summed E-state index contributed by atoms with van der Waals surface area (Å²) in [6, 6.07) is 0. The molecule has 0 aliphatic carbocycles. The number of ether oxygens (including phenoxy) is 1. The van der Waals surface area contributed by atoms with E-state index < -0.39 is 0 Å². The molecule has 1 unspecified atom stereocenters. The van der Waals surface area contributed by atoms with E-state index in [1.54, 1.807) is 0 Å². The third-order valence-corrected chi connectivity index (χ3v) is 3.86. The van der Waals surface area contributed by atoms with E-state index in [2.05, 4.69) is 34.6 Å². The van der Waals surface area contributed by atoms with Crippen LogP contribution in [0.2, 0.25) is 0 Å². The van der Waals surface area contributed by atoms with Crippen molar-refractivity contribution in [1.29, 1.82) is 0 Å². The molecule has 0 N–H and O–H groups in total. The van der Waals surface area contributed by atoms with E-state index in [0.717, 1.165) is 19.3 Å². The van der Waals surface area contributed by atoms with Gasteiger partial charge in [0.1, 0.15) is 5.60 Å². The lowest BCUT2D eigenvalue weighted by Crippen LogP contribution is -2.46. The molecule has 0 radical (unpaired) electrons. The zero-order chi connectivity index (χ0) is 11.7. The molecule has 0 saturated carbocycles. The fraction of sp³-hybridized carbons (Fsp3) is 0.923. The van der Waals surface area contributed by atoms with Crippen LogP contribution in [-0.4, -0.2) is 11.6 Å². The highest BCUT2D eigenvalue weighted by Crippen LogP contribution is 2.50. The molecule has 88 valence electrons. The lowest BCUT2D eigenvalue weighted by atomic mass is 9.66. The molecule has 0 aromatic carbocycles. The molecule has 1 aliphatic rings. The standard InChI is InChI=1S/C13H24O2/c1-6-7-8-13(10(2)3)12(4,5)9-11(14)15-13/h10H,6-9H2,1-5H3. The summed E-state index contributed by atoms with van der Waals surface area (Å²) >= 11 is 0. The van der Waals surface area contributed by atoms with Gasteiger partial charge in [-0.05, 0) is 18.8 Å². The zero-order valence-electron chi connectivity index (χ0n) is 10.7. The molecule has 0 aromatic rings. The third-order valence-electron chi connectivity index (χ3n) is 3.86. The monoisotopic (exact) mass is 212 g/mol. The summed E-state index contributed by atoms with van der Waals surface area (Å²) in [5.74, 6) is 0.371. The van der Waals surface area contributed by atoms with E-state index in [4.69, 9.17) is 4.74 Å². The molecule has 1 heterocycles. The minimum Gasteiger partial charge on any atom is -0.458 e. The Balaban J connectivity index is 2.94. The Hall–Kier alpha value is -0.530. The Morgan fingerprint density at radius 2 is 2.00 bits per heavy atom. The SMILES string of the molecule is CCCCC1(C(C)C)OC(=O)CC1(C)C. The lowest BCUT2D eigenvalue weighted by molar-refractivity contribution is -0.158. The van der Waals surface area contributed by atoms with Crippen LogP contribution in [0.1, 0.15) is 60.3 Å². The lowest BCUT2D eigenvalue weighted by Gasteiger charge is -2.42. The summed E-state index contributed by atoms with van der Waals surface area (Å²) in [5.41, 5.74) is -0.256. The second-order valence-electron chi connectivity index (χ2n) is 5.68. The van der Waals surface area contributed by atoms with Crippen molar-refractivity contribution in [2.24, 2.45) is 11.3 Å². The number of carbonyl (C=O) groups is 1. The summed E-state index contributed by atoms with van der Waals surface area (Å²) in [4.78, 5) is 11.5. The van der Waals surface area contributed by atoms with Gasteiger partial charge < -0.3 is 4.74 Å². The summed E-state index contributed by atoms with van der Waals surface area (Å²) in [6.07, 6.45) is 3.85. The van der Waals surface area contributed by atoms with Crippen LogP contribution >= 0.6 is 0 Å². The van der Waals surface area contributed by atoms with Crippen LogP contribution in [-0.2, 0) is 9.53 Å². The molecule has 1 atom stereocenters. The fourth-order valence-electron chi connectivity index (χ4n) is 2.90. The van der Waals surface area contributed by atoms with Crippen LogP contribution < -0.4 is 0 Å². The highest BCUT2D eigenvalue weighted by molar-refractivity contribution is 5.73. The highest BCUT2D eigenvalue weighted by Gasteiger charge is 2.55. The van der Waals surface area contributed by atoms with Crippen LogP contribution in [0.4, 0.5) is 0 Å². The maximum absolute atomic E-state index is 11.5. The van der Waals surface area contributed by atoms with Gasteiger partial charge >= 0.3 is 5.97 Å². The normalized spacial score (nSPS) is 29.6. The molecule has 1 saturated heterocycles. The summed E-state index contributed by atoms with van der Waals surface area (Å²) in [5, 5.41) is 0. The smallest absolute Gasteiger partial charge is 0.307 e. The van der Waals surface area contributed by atoms with Gasteiger partial charge in [0.2, 0.25) is 0 Å². The van der Waals surface area contributed by atoms with Gasteiger partial charge in [0.05, 0.1) is 6.42 Å². The maximum Gasteiger partial charge on any atom is 0.307 e.